The highest BCUT2D eigenvalue weighted by atomic mass is 16.6. The Morgan fingerprint density at radius 1 is 1.37 bits per heavy atom. The van der Waals surface area contributed by atoms with E-state index in [1.165, 1.54) is 18.3 Å². The van der Waals surface area contributed by atoms with E-state index in [2.05, 4.69) is 15.3 Å². The van der Waals surface area contributed by atoms with Crippen LogP contribution in [0.3, 0.4) is 0 Å². The molecule has 2 heterocycles. The summed E-state index contributed by atoms with van der Waals surface area (Å²) in [4.78, 5) is 18.5. The summed E-state index contributed by atoms with van der Waals surface area (Å²) in [6, 6.07) is 6.11. The first kappa shape index (κ1) is 12.7. The highest BCUT2D eigenvalue weighted by Gasteiger charge is 2.12. The number of aromatic nitrogens is 2. The molecule has 0 fully saturated rings. The molecule has 0 unspecified atom stereocenters. The SMILES string of the molecule is CNc1cc([N+](=O)[O-])cc(Oc2ccc(C)nc2)n1. The van der Waals surface area contributed by atoms with E-state index in [-0.39, 0.29) is 11.6 Å². The largest absolute Gasteiger partial charge is 0.437 e. The Balaban J connectivity index is 2.31. The maximum atomic E-state index is 10.8. The van der Waals surface area contributed by atoms with Crippen LogP contribution >= 0.6 is 0 Å². The Hall–Kier alpha value is -2.70. The standard InChI is InChI=1S/C12H12N4O3/c1-8-3-4-10(7-14-8)19-12-6-9(16(17)18)5-11(13-2)15-12/h3-7H,1-2H3,(H,13,15). The third-order valence-electron chi connectivity index (χ3n) is 2.36. The molecule has 7 heteroatoms. The fourth-order valence-corrected chi connectivity index (χ4v) is 1.41. The molecule has 0 saturated heterocycles. The van der Waals surface area contributed by atoms with Crippen LogP contribution in [-0.2, 0) is 0 Å². The van der Waals surface area contributed by atoms with E-state index in [0.717, 1.165) is 5.69 Å². The zero-order chi connectivity index (χ0) is 13.8. The molecule has 7 nitrogen and oxygen atoms in total. The summed E-state index contributed by atoms with van der Waals surface area (Å²) in [6.45, 7) is 1.86. The maximum Gasteiger partial charge on any atom is 0.278 e. The number of nitro groups is 1. The molecule has 0 amide bonds. The number of hydrogen-bond donors (Lipinski definition) is 1. The summed E-state index contributed by atoms with van der Waals surface area (Å²) < 4.78 is 5.45. The summed E-state index contributed by atoms with van der Waals surface area (Å²) in [5.41, 5.74) is 0.768. The summed E-state index contributed by atoms with van der Waals surface area (Å²) >= 11 is 0. The molecule has 1 N–H and O–H groups in total. The quantitative estimate of drug-likeness (QED) is 0.671. The van der Waals surface area contributed by atoms with Crippen molar-refractivity contribution in [1.82, 2.24) is 9.97 Å². The van der Waals surface area contributed by atoms with E-state index in [0.29, 0.717) is 11.6 Å². The third-order valence-corrected chi connectivity index (χ3v) is 2.36. The Morgan fingerprint density at radius 3 is 2.74 bits per heavy atom. The predicted octanol–water partition coefficient (Wildman–Crippen LogP) is 2.53. The highest BCUT2D eigenvalue weighted by Crippen LogP contribution is 2.25. The smallest absolute Gasteiger partial charge is 0.278 e. The van der Waals surface area contributed by atoms with Gasteiger partial charge in [0.15, 0.2) is 0 Å². The Kier molecular flexibility index (Phi) is 3.56. The van der Waals surface area contributed by atoms with Crippen LogP contribution in [0.15, 0.2) is 30.5 Å². The van der Waals surface area contributed by atoms with E-state index in [4.69, 9.17) is 4.74 Å². The van der Waals surface area contributed by atoms with E-state index in [1.807, 2.05) is 6.92 Å². The van der Waals surface area contributed by atoms with Crippen LogP contribution in [0.25, 0.3) is 0 Å². The first-order valence-corrected chi connectivity index (χ1v) is 5.53. The fraction of sp³-hybridized carbons (Fsp3) is 0.167. The minimum Gasteiger partial charge on any atom is -0.437 e. The zero-order valence-electron chi connectivity index (χ0n) is 10.5. The van der Waals surface area contributed by atoms with Crippen molar-refractivity contribution in [1.29, 1.82) is 0 Å². The van der Waals surface area contributed by atoms with E-state index < -0.39 is 4.92 Å². The van der Waals surface area contributed by atoms with Gasteiger partial charge in [0.25, 0.3) is 5.69 Å². The number of aryl methyl sites for hydroxylation is 1. The van der Waals surface area contributed by atoms with Crippen molar-refractivity contribution >= 4 is 11.5 Å². The van der Waals surface area contributed by atoms with Crippen LogP contribution in [0.2, 0.25) is 0 Å². The second-order valence-electron chi connectivity index (χ2n) is 3.79. The van der Waals surface area contributed by atoms with Crippen molar-refractivity contribution in [2.24, 2.45) is 0 Å². The first-order chi connectivity index (χ1) is 9.08. The van der Waals surface area contributed by atoms with Gasteiger partial charge >= 0.3 is 0 Å². The number of pyridine rings is 2. The number of anilines is 1. The highest BCUT2D eigenvalue weighted by molar-refractivity contribution is 5.48. The first-order valence-electron chi connectivity index (χ1n) is 5.53. The third kappa shape index (κ3) is 3.15. The number of rotatable bonds is 4. The number of nitrogens with one attached hydrogen (secondary N) is 1. The molecule has 2 aromatic heterocycles. The molecule has 0 aromatic carbocycles. The second-order valence-corrected chi connectivity index (χ2v) is 3.79. The normalized spacial score (nSPS) is 10.0. The summed E-state index contributed by atoms with van der Waals surface area (Å²) in [5.74, 6) is 0.981. The second kappa shape index (κ2) is 5.30. The van der Waals surface area contributed by atoms with Crippen LogP contribution in [0, 0.1) is 17.0 Å². The number of nitrogens with zero attached hydrogens (tertiary/aromatic N) is 3. The van der Waals surface area contributed by atoms with Crippen LogP contribution in [0.5, 0.6) is 11.6 Å². The Bertz CT molecular complexity index is 598. The Labute approximate surface area is 109 Å². The van der Waals surface area contributed by atoms with Crippen molar-refractivity contribution in [3.8, 4) is 11.6 Å². The van der Waals surface area contributed by atoms with Crippen LogP contribution in [0.4, 0.5) is 11.5 Å². The minimum absolute atomic E-state index is 0.0885. The molecule has 2 rings (SSSR count). The molecule has 0 aliphatic heterocycles. The molecule has 0 saturated carbocycles. The molecule has 0 bridgehead atoms. The van der Waals surface area contributed by atoms with Gasteiger partial charge in [-0.1, -0.05) is 0 Å². The molecular formula is C12H12N4O3. The molecule has 0 spiro atoms. The van der Waals surface area contributed by atoms with Gasteiger partial charge in [0.05, 0.1) is 23.3 Å². The van der Waals surface area contributed by atoms with Crippen molar-refractivity contribution in [3.05, 3.63) is 46.3 Å². The van der Waals surface area contributed by atoms with Crippen LogP contribution in [-0.4, -0.2) is 21.9 Å². The lowest BCUT2D eigenvalue weighted by atomic mass is 10.3. The van der Waals surface area contributed by atoms with Crippen molar-refractivity contribution < 1.29 is 9.66 Å². The van der Waals surface area contributed by atoms with E-state index in [1.54, 1.807) is 19.2 Å². The summed E-state index contributed by atoms with van der Waals surface area (Å²) in [6.07, 6.45) is 1.54. The number of ether oxygens (including phenoxy) is 1. The van der Waals surface area contributed by atoms with Crippen molar-refractivity contribution in [2.75, 3.05) is 12.4 Å². The van der Waals surface area contributed by atoms with Gasteiger partial charge in [0.1, 0.15) is 11.6 Å². The summed E-state index contributed by atoms with van der Waals surface area (Å²) in [7, 11) is 1.63. The van der Waals surface area contributed by atoms with Gasteiger partial charge in [-0.05, 0) is 19.1 Å². The molecule has 0 aliphatic carbocycles. The van der Waals surface area contributed by atoms with Gasteiger partial charge in [-0.3, -0.25) is 15.1 Å². The van der Waals surface area contributed by atoms with E-state index in [9.17, 15) is 10.1 Å². The van der Waals surface area contributed by atoms with Crippen LogP contribution < -0.4 is 10.1 Å². The molecule has 0 aliphatic rings. The fourth-order valence-electron chi connectivity index (χ4n) is 1.41. The van der Waals surface area contributed by atoms with Crippen molar-refractivity contribution in [3.63, 3.8) is 0 Å². The van der Waals surface area contributed by atoms with E-state index >= 15 is 0 Å². The molecule has 0 atom stereocenters. The molecular weight excluding hydrogens is 248 g/mol. The van der Waals surface area contributed by atoms with Crippen LogP contribution in [0.1, 0.15) is 5.69 Å². The van der Waals surface area contributed by atoms with Gasteiger partial charge in [-0.15, -0.1) is 0 Å². The molecule has 98 valence electrons. The van der Waals surface area contributed by atoms with Gasteiger partial charge in [0.2, 0.25) is 5.88 Å². The zero-order valence-corrected chi connectivity index (χ0v) is 10.5. The Morgan fingerprint density at radius 2 is 2.16 bits per heavy atom. The number of hydrogen-bond acceptors (Lipinski definition) is 6. The maximum absolute atomic E-state index is 10.8. The lowest BCUT2D eigenvalue weighted by molar-refractivity contribution is -0.384. The lowest BCUT2D eigenvalue weighted by Crippen LogP contribution is -1.98. The molecule has 2 aromatic rings. The summed E-state index contributed by atoms with van der Waals surface area (Å²) in [5, 5.41) is 13.5. The van der Waals surface area contributed by atoms with Crippen molar-refractivity contribution in [2.45, 2.75) is 6.92 Å². The predicted molar refractivity (Wildman–Crippen MR) is 69.5 cm³/mol. The van der Waals surface area contributed by atoms with Gasteiger partial charge in [-0.2, -0.15) is 4.98 Å². The minimum atomic E-state index is -0.497. The molecule has 19 heavy (non-hydrogen) atoms. The monoisotopic (exact) mass is 260 g/mol. The topological polar surface area (TPSA) is 90.2 Å². The van der Waals surface area contributed by atoms with Gasteiger partial charge in [0, 0.05) is 12.7 Å². The van der Waals surface area contributed by atoms with Gasteiger partial charge in [-0.25, -0.2) is 0 Å². The van der Waals surface area contributed by atoms with Gasteiger partial charge < -0.3 is 10.1 Å². The average Bonchev–Trinajstić information content (AvgIpc) is 2.41. The lowest BCUT2D eigenvalue weighted by Gasteiger charge is -2.06. The molecule has 0 radical (unpaired) electrons. The average molecular weight is 260 g/mol.